The summed E-state index contributed by atoms with van der Waals surface area (Å²) in [6, 6.07) is 2.02. The monoisotopic (exact) mass is 223 g/mol. The van der Waals surface area contributed by atoms with Crippen LogP contribution >= 0.6 is 0 Å². The van der Waals surface area contributed by atoms with Gasteiger partial charge in [-0.25, -0.2) is 8.78 Å². The third-order valence-electron chi connectivity index (χ3n) is 2.60. The van der Waals surface area contributed by atoms with E-state index in [9.17, 15) is 13.6 Å². The molecule has 0 aliphatic heterocycles. The summed E-state index contributed by atoms with van der Waals surface area (Å²) in [6.07, 6.45) is 1.55. The highest BCUT2D eigenvalue weighted by molar-refractivity contribution is 5.85. The number of hydrogen-bond donors (Lipinski definition) is 1. The largest absolute Gasteiger partial charge is 0.328 e. The summed E-state index contributed by atoms with van der Waals surface area (Å²) in [5.41, 5.74) is 0.395. The molecule has 0 atom stereocenters. The number of aromatic nitrogens is 1. The third-order valence-corrected chi connectivity index (χ3v) is 2.60. The first-order valence-electron chi connectivity index (χ1n) is 5.01. The van der Waals surface area contributed by atoms with Crippen molar-refractivity contribution >= 4 is 10.8 Å². The van der Waals surface area contributed by atoms with E-state index in [-0.39, 0.29) is 11.3 Å². The van der Waals surface area contributed by atoms with Gasteiger partial charge in [0.2, 0.25) is 0 Å². The lowest BCUT2D eigenvalue weighted by molar-refractivity contribution is 0.510. The lowest BCUT2D eigenvalue weighted by Gasteiger charge is -2.09. The molecule has 0 amide bonds. The third kappa shape index (κ3) is 1.60. The van der Waals surface area contributed by atoms with Crippen molar-refractivity contribution in [2.45, 2.75) is 19.8 Å². The molecule has 0 unspecified atom stereocenters. The normalized spacial score (nSPS) is 11.3. The van der Waals surface area contributed by atoms with Gasteiger partial charge in [0, 0.05) is 6.20 Å². The maximum Gasteiger partial charge on any atom is 0.255 e. The van der Waals surface area contributed by atoms with Crippen molar-refractivity contribution in [3.8, 4) is 0 Å². The zero-order valence-corrected chi connectivity index (χ0v) is 8.97. The number of halogens is 2. The molecule has 84 valence electrons. The molecule has 2 rings (SSSR count). The summed E-state index contributed by atoms with van der Waals surface area (Å²) in [4.78, 5) is 14.0. The van der Waals surface area contributed by atoms with E-state index >= 15 is 0 Å². The first-order valence-corrected chi connectivity index (χ1v) is 5.01. The highest BCUT2D eigenvalue weighted by Gasteiger charge is 2.12. The molecule has 0 saturated heterocycles. The number of aromatic amines is 1. The second kappa shape index (κ2) is 3.70. The minimum Gasteiger partial charge on any atom is -0.328 e. The van der Waals surface area contributed by atoms with Crippen molar-refractivity contribution in [1.82, 2.24) is 4.98 Å². The van der Waals surface area contributed by atoms with E-state index in [2.05, 4.69) is 4.98 Å². The Balaban J connectivity index is 2.93. The fourth-order valence-electron chi connectivity index (χ4n) is 1.75. The van der Waals surface area contributed by atoms with Crippen LogP contribution in [-0.2, 0) is 0 Å². The summed E-state index contributed by atoms with van der Waals surface area (Å²) in [7, 11) is 0. The van der Waals surface area contributed by atoms with Gasteiger partial charge in [0.15, 0.2) is 11.6 Å². The van der Waals surface area contributed by atoms with Crippen LogP contribution in [0.3, 0.4) is 0 Å². The molecule has 2 aromatic rings. The zero-order valence-electron chi connectivity index (χ0n) is 8.97. The molecule has 0 bridgehead atoms. The predicted molar refractivity (Wildman–Crippen MR) is 58.6 cm³/mol. The second-order valence-corrected chi connectivity index (χ2v) is 4.04. The summed E-state index contributed by atoms with van der Waals surface area (Å²) in [5, 5.41) is 0.655. The minimum atomic E-state index is -1.00. The quantitative estimate of drug-likeness (QED) is 0.792. The SMILES string of the molecule is CC(C)c1c[nH]c(=O)c2cc(F)c(F)cc12. The fourth-order valence-corrected chi connectivity index (χ4v) is 1.75. The van der Waals surface area contributed by atoms with Crippen LogP contribution in [0.5, 0.6) is 0 Å². The molecule has 4 heteroatoms. The average Bonchev–Trinajstić information content (AvgIpc) is 2.21. The van der Waals surface area contributed by atoms with Crippen molar-refractivity contribution in [3.05, 3.63) is 45.9 Å². The van der Waals surface area contributed by atoms with Gasteiger partial charge in [0.05, 0.1) is 5.39 Å². The van der Waals surface area contributed by atoms with E-state index < -0.39 is 17.2 Å². The Kier molecular flexibility index (Phi) is 2.50. The van der Waals surface area contributed by atoms with Crippen molar-refractivity contribution in [2.75, 3.05) is 0 Å². The topological polar surface area (TPSA) is 32.9 Å². The van der Waals surface area contributed by atoms with Crippen LogP contribution in [-0.4, -0.2) is 4.98 Å². The molecule has 0 saturated carbocycles. The Morgan fingerprint density at radius 2 is 1.69 bits per heavy atom. The number of hydrogen-bond acceptors (Lipinski definition) is 1. The highest BCUT2D eigenvalue weighted by Crippen LogP contribution is 2.24. The van der Waals surface area contributed by atoms with E-state index in [4.69, 9.17) is 0 Å². The molecule has 0 radical (unpaired) electrons. The molecule has 2 nitrogen and oxygen atoms in total. The summed E-state index contributed by atoms with van der Waals surface area (Å²) in [6.45, 7) is 3.85. The van der Waals surface area contributed by atoms with Crippen molar-refractivity contribution in [2.24, 2.45) is 0 Å². The Hall–Kier alpha value is -1.71. The van der Waals surface area contributed by atoms with E-state index in [1.165, 1.54) is 0 Å². The molecule has 1 heterocycles. The van der Waals surface area contributed by atoms with E-state index in [0.29, 0.717) is 5.39 Å². The molecule has 0 spiro atoms. The predicted octanol–water partition coefficient (Wildman–Crippen LogP) is 2.93. The number of H-pyrrole nitrogens is 1. The number of pyridine rings is 1. The Morgan fingerprint density at radius 1 is 1.12 bits per heavy atom. The van der Waals surface area contributed by atoms with Crippen molar-refractivity contribution < 1.29 is 8.78 Å². The van der Waals surface area contributed by atoms with Gasteiger partial charge in [0.1, 0.15) is 0 Å². The molecular formula is C12H11F2NO. The van der Waals surface area contributed by atoms with Gasteiger partial charge in [-0.15, -0.1) is 0 Å². The number of nitrogens with one attached hydrogen (secondary N) is 1. The first-order chi connectivity index (χ1) is 7.50. The minimum absolute atomic E-state index is 0.129. The average molecular weight is 223 g/mol. The number of rotatable bonds is 1. The van der Waals surface area contributed by atoms with Crippen molar-refractivity contribution in [1.29, 1.82) is 0 Å². The Labute approximate surface area is 90.9 Å². The standard InChI is InChI=1S/C12H11F2NO/c1-6(2)9-5-15-12(16)8-4-11(14)10(13)3-7(8)9/h3-6H,1-2H3,(H,15,16). The summed E-state index contributed by atoms with van der Waals surface area (Å²) < 4.78 is 26.2. The van der Waals surface area contributed by atoms with Crippen LogP contribution in [0.25, 0.3) is 10.8 Å². The fraction of sp³-hybridized carbons (Fsp3) is 0.250. The summed E-state index contributed by atoms with van der Waals surface area (Å²) >= 11 is 0. The van der Waals surface area contributed by atoms with E-state index in [0.717, 1.165) is 17.7 Å². The van der Waals surface area contributed by atoms with Crippen LogP contribution in [0.4, 0.5) is 8.78 Å². The van der Waals surface area contributed by atoms with Gasteiger partial charge < -0.3 is 4.98 Å². The van der Waals surface area contributed by atoms with Gasteiger partial charge in [0.25, 0.3) is 5.56 Å². The lowest BCUT2D eigenvalue weighted by Crippen LogP contribution is -2.09. The highest BCUT2D eigenvalue weighted by atomic mass is 19.2. The maximum absolute atomic E-state index is 13.1. The van der Waals surface area contributed by atoms with Crippen LogP contribution in [0, 0.1) is 11.6 Å². The van der Waals surface area contributed by atoms with E-state index in [1.807, 2.05) is 13.8 Å². The first kappa shape index (κ1) is 10.8. The summed E-state index contributed by atoms with van der Waals surface area (Å²) in [5.74, 6) is -1.80. The Morgan fingerprint density at radius 3 is 2.25 bits per heavy atom. The number of fused-ring (bicyclic) bond motifs is 1. The molecule has 1 N–H and O–H groups in total. The van der Waals surface area contributed by atoms with Gasteiger partial charge in [-0.2, -0.15) is 0 Å². The second-order valence-electron chi connectivity index (χ2n) is 4.04. The Bertz CT molecular complexity index is 602. The van der Waals surface area contributed by atoms with Gasteiger partial charge in [-0.1, -0.05) is 13.8 Å². The molecule has 0 aliphatic carbocycles. The number of benzene rings is 1. The van der Waals surface area contributed by atoms with Gasteiger partial charge in [-0.3, -0.25) is 4.79 Å². The lowest BCUT2D eigenvalue weighted by atomic mass is 9.98. The molecule has 0 fully saturated rings. The van der Waals surface area contributed by atoms with Crippen LogP contribution in [0.15, 0.2) is 23.1 Å². The van der Waals surface area contributed by atoms with Gasteiger partial charge >= 0.3 is 0 Å². The molecule has 16 heavy (non-hydrogen) atoms. The molecule has 0 aliphatic rings. The zero-order chi connectivity index (χ0) is 11.9. The van der Waals surface area contributed by atoms with Crippen LogP contribution in [0.2, 0.25) is 0 Å². The van der Waals surface area contributed by atoms with Gasteiger partial charge in [-0.05, 0) is 29.0 Å². The molecular weight excluding hydrogens is 212 g/mol. The van der Waals surface area contributed by atoms with Crippen LogP contribution < -0.4 is 5.56 Å². The molecule has 1 aromatic heterocycles. The van der Waals surface area contributed by atoms with E-state index in [1.54, 1.807) is 6.20 Å². The molecule has 1 aromatic carbocycles. The van der Waals surface area contributed by atoms with Crippen molar-refractivity contribution in [3.63, 3.8) is 0 Å². The maximum atomic E-state index is 13.1. The smallest absolute Gasteiger partial charge is 0.255 e. The van der Waals surface area contributed by atoms with Crippen LogP contribution in [0.1, 0.15) is 25.3 Å².